The summed E-state index contributed by atoms with van der Waals surface area (Å²) in [6.45, 7) is 2.39. The van der Waals surface area contributed by atoms with Gasteiger partial charge in [0.15, 0.2) is 0 Å². The molecule has 0 spiro atoms. The number of benzene rings is 1. The summed E-state index contributed by atoms with van der Waals surface area (Å²) >= 11 is 1.66. The van der Waals surface area contributed by atoms with Crippen LogP contribution in [0.5, 0.6) is 0 Å². The summed E-state index contributed by atoms with van der Waals surface area (Å²) in [6.07, 6.45) is 6.24. The Morgan fingerprint density at radius 3 is 2.69 bits per heavy atom. The maximum atomic E-state index is 13.3. The standard InChI is InChI=1S/C20H22N2O3S/c1-12-13(20(24)25)10-11-22(12)19(23)15-7-3-2-6-14(15)18-21-16-8-4-5-9-17(16)26-18/h2-5,8-9,12-15H,6-7,10-11H2,1H3,(H,24,25). The predicted molar refractivity (Wildman–Crippen MR) is 101 cm³/mol. The molecule has 1 fully saturated rings. The smallest absolute Gasteiger partial charge is 0.308 e. The van der Waals surface area contributed by atoms with Crippen LogP contribution in [0.3, 0.4) is 0 Å². The molecule has 2 aliphatic rings. The van der Waals surface area contributed by atoms with Gasteiger partial charge in [0.25, 0.3) is 0 Å². The van der Waals surface area contributed by atoms with Crippen LogP contribution >= 0.6 is 11.3 Å². The zero-order chi connectivity index (χ0) is 18.3. The molecule has 2 heterocycles. The quantitative estimate of drug-likeness (QED) is 0.837. The fraction of sp³-hybridized carbons (Fsp3) is 0.450. The van der Waals surface area contributed by atoms with Crippen LogP contribution in [0.2, 0.25) is 0 Å². The van der Waals surface area contributed by atoms with E-state index in [1.165, 1.54) is 0 Å². The number of allylic oxidation sites excluding steroid dienone is 2. The highest BCUT2D eigenvalue weighted by Gasteiger charge is 2.42. The number of carboxylic acids is 1. The number of rotatable bonds is 3. The first kappa shape index (κ1) is 17.2. The Labute approximate surface area is 156 Å². The molecule has 2 aromatic rings. The number of carbonyl (C=O) groups excluding carboxylic acids is 1. The molecule has 1 aromatic heterocycles. The summed E-state index contributed by atoms with van der Waals surface area (Å²) in [5.41, 5.74) is 0.980. The van der Waals surface area contributed by atoms with Gasteiger partial charge >= 0.3 is 5.97 Å². The molecular formula is C20H22N2O3S. The molecule has 0 bridgehead atoms. The molecule has 1 N–H and O–H groups in total. The number of para-hydroxylation sites is 1. The van der Waals surface area contributed by atoms with Gasteiger partial charge in [-0.25, -0.2) is 4.98 Å². The second kappa shape index (κ2) is 6.83. The first-order chi connectivity index (χ1) is 12.6. The van der Waals surface area contributed by atoms with Gasteiger partial charge in [-0.3, -0.25) is 9.59 Å². The molecule has 1 aromatic carbocycles. The Kier molecular flexibility index (Phi) is 4.53. The van der Waals surface area contributed by atoms with E-state index in [-0.39, 0.29) is 23.8 Å². The van der Waals surface area contributed by atoms with Gasteiger partial charge in [-0.1, -0.05) is 24.3 Å². The van der Waals surface area contributed by atoms with Gasteiger partial charge in [-0.15, -0.1) is 11.3 Å². The van der Waals surface area contributed by atoms with E-state index in [1.807, 2.05) is 25.1 Å². The van der Waals surface area contributed by atoms with E-state index < -0.39 is 11.9 Å². The predicted octanol–water partition coefficient (Wildman–Crippen LogP) is 3.67. The van der Waals surface area contributed by atoms with Crippen LogP contribution in [0.25, 0.3) is 10.2 Å². The number of thiazole rings is 1. The summed E-state index contributed by atoms with van der Waals surface area (Å²) in [5.74, 6) is -1.27. The Balaban J connectivity index is 1.60. The average Bonchev–Trinajstić information content (AvgIpc) is 3.24. The van der Waals surface area contributed by atoms with Crippen LogP contribution in [-0.2, 0) is 9.59 Å². The van der Waals surface area contributed by atoms with Crippen molar-refractivity contribution in [1.29, 1.82) is 0 Å². The highest BCUT2D eigenvalue weighted by molar-refractivity contribution is 7.18. The number of amides is 1. The number of aromatic nitrogens is 1. The van der Waals surface area contributed by atoms with Crippen molar-refractivity contribution in [2.75, 3.05) is 6.54 Å². The van der Waals surface area contributed by atoms with Crippen molar-refractivity contribution in [3.05, 3.63) is 41.4 Å². The molecule has 5 nitrogen and oxygen atoms in total. The number of nitrogens with zero attached hydrogens (tertiary/aromatic N) is 2. The van der Waals surface area contributed by atoms with Gasteiger partial charge in [-0.05, 0) is 38.3 Å². The van der Waals surface area contributed by atoms with Gasteiger partial charge < -0.3 is 10.0 Å². The molecule has 4 unspecified atom stereocenters. The summed E-state index contributed by atoms with van der Waals surface area (Å²) in [5, 5.41) is 10.4. The molecule has 1 aliphatic carbocycles. The largest absolute Gasteiger partial charge is 0.481 e. The number of carboxylic acid groups (broad SMARTS) is 1. The molecule has 26 heavy (non-hydrogen) atoms. The average molecular weight is 370 g/mol. The van der Waals surface area contributed by atoms with Gasteiger partial charge in [0.2, 0.25) is 5.91 Å². The Morgan fingerprint density at radius 1 is 1.19 bits per heavy atom. The molecule has 4 rings (SSSR count). The first-order valence-electron chi connectivity index (χ1n) is 9.10. The lowest BCUT2D eigenvalue weighted by Crippen LogP contribution is -2.43. The Bertz CT molecular complexity index is 842. The van der Waals surface area contributed by atoms with E-state index in [0.717, 1.165) is 21.6 Å². The number of hydrogen-bond acceptors (Lipinski definition) is 4. The minimum absolute atomic E-state index is 0.0704. The van der Waals surface area contributed by atoms with E-state index in [1.54, 1.807) is 16.2 Å². The third-order valence-electron chi connectivity index (χ3n) is 5.73. The first-order valence-corrected chi connectivity index (χ1v) is 9.91. The molecular weight excluding hydrogens is 348 g/mol. The zero-order valence-corrected chi connectivity index (χ0v) is 15.5. The summed E-state index contributed by atoms with van der Waals surface area (Å²) < 4.78 is 1.14. The monoisotopic (exact) mass is 370 g/mol. The maximum absolute atomic E-state index is 13.3. The van der Waals surface area contributed by atoms with E-state index >= 15 is 0 Å². The lowest BCUT2D eigenvalue weighted by atomic mass is 9.82. The molecule has 0 saturated carbocycles. The van der Waals surface area contributed by atoms with Gasteiger partial charge in [0.1, 0.15) is 0 Å². The molecule has 0 radical (unpaired) electrons. The third kappa shape index (κ3) is 2.92. The van der Waals surface area contributed by atoms with Crippen LogP contribution in [0.4, 0.5) is 0 Å². The molecule has 136 valence electrons. The number of likely N-dealkylation sites (tertiary alicyclic amines) is 1. The maximum Gasteiger partial charge on any atom is 0.308 e. The number of aliphatic carboxylic acids is 1. The number of hydrogen-bond donors (Lipinski definition) is 1. The van der Waals surface area contributed by atoms with Crippen LogP contribution in [-0.4, -0.2) is 39.5 Å². The summed E-state index contributed by atoms with van der Waals surface area (Å²) in [6, 6.07) is 7.80. The molecule has 1 saturated heterocycles. The minimum atomic E-state index is -0.806. The van der Waals surface area contributed by atoms with Crippen molar-refractivity contribution < 1.29 is 14.7 Å². The minimum Gasteiger partial charge on any atom is -0.481 e. The zero-order valence-electron chi connectivity index (χ0n) is 14.7. The molecule has 6 heteroatoms. The van der Waals surface area contributed by atoms with Crippen molar-refractivity contribution in [2.24, 2.45) is 11.8 Å². The lowest BCUT2D eigenvalue weighted by molar-refractivity contribution is -0.143. The number of carbonyl (C=O) groups is 2. The molecule has 4 atom stereocenters. The lowest BCUT2D eigenvalue weighted by Gasteiger charge is -2.32. The Morgan fingerprint density at radius 2 is 1.96 bits per heavy atom. The van der Waals surface area contributed by atoms with Crippen molar-refractivity contribution >= 4 is 33.4 Å². The summed E-state index contributed by atoms with van der Waals surface area (Å²) in [4.78, 5) is 31.2. The van der Waals surface area contributed by atoms with E-state index in [4.69, 9.17) is 4.98 Å². The van der Waals surface area contributed by atoms with Gasteiger partial charge in [0, 0.05) is 18.5 Å². The fourth-order valence-electron chi connectivity index (χ4n) is 4.20. The van der Waals surface area contributed by atoms with Crippen molar-refractivity contribution in [2.45, 2.75) is 38.1 Å². The SMILES string of the molecule is CC1C(C(=O)O)CCN1C(=O)C1CC=CCC1c1nc2ccccc2s1. The highest BCUT2D eigenvalue weighted by atomic mass is 32.1. The molecule has 1 aliphatic heterocycles. The normalized spacial score (nSPS) is 28.6. The van der Waals surface area contributed by atoms with Crippen LogP contribution in [0, 0.1) is 11.8 Å². The van der Waals surface area contributed by atoms with Crippen LogP contribution in [0.15, 0.2) is 36.4 Å². The summed E-state index contributed by atoms with van der Waals surface area (Å²) in [7, 11) is 0. The Hall–Kier alpha value is -2.21. The third-order valence-corrected chi connectivity index (χ3v) is 6.90. The van der Waals surface area contributed by atoms with Gasteiger partial charge in [0.05, 0.1) is 27.1 Å². The topological polar surface area (TPSA) is 70.5 Å². The van der Waals surface area contributed by atoms with Crippen molar-refractivity contribution in [3.63, 3.8) is 0 Å². The number of fused-ring (bicyclic) bond motifs is 1. The van der Waals surface area contributed by atoms with E-state index in [0.29, 0.717) is 19.4 Å². The fourth-order valence-corrected chi connectivity index (χ4v) is 5.35. The second-order valence-corrected chi connectivity index (χ2v) is 8.24. The molecule has 1 amide bonds. The highest BCUT2D eigenvalue weighted by Crippen LogP contribution is 2.40. The second-order valence-electron chi connectivity index (χ2n) is 7.18. The van der Waals surface area contributed by atoms with E-state index in [9.17, 15) is 14.7 Å². The van der Waals surface area contributed by atoms with E-state index in [2.05, 4.69) is 18.2 Å². The van der Waals surface area contributed by atoms with Gasteiger partial charge in [-0.2, -0.15) is 0 Å². The van der Waals surface area contributed by atoms with Crippen molar-refractivity contribution in [3.8, 4) is 0 Å². The van der Waals surface area contributed by atoms with Crippen LogP contribution < -0.4 is 0 Å². The van der Waals surface area contributed by atoms with Crippen molar-refractivity contribution in [1.82, 2.24) is 9.88 Å². The van der Waals surface area contributed by atoms with Crippen LogP contribution in [0.1, 0.15) is 37.1 Å².